The van der Waals surface area contributed by atoms with Crippen molar-refractivity contribution < 1.29 is 15.0 Å². The summed E-state index contributed by atoms with van der Waals surface area (Å²) in [5, 5.41) is 19.2. The largest absolute Gasteiger partial charge is 0.508 e. The maximum Gasteiger partial charge on any atom is 0.194 e. The zero-order valence-electron chi connectivity index (χ0n) is 12.6. The second kappa shape index (κ2) is 6.76. The third kappa shape index (κ3) is 3.26. The number of aromatic hydroxyl groups is 2. The van der Waals surface area contributed by atoms with Gasteiger partial charge < -0.3 is 10.2 Å². The normalized spacial score (nSPS) is 11.4. The predicted molar refractivity (Wildman–Crippen MR) is 89.1 cm³/mol. The van der Waals surface area contributed by atoms with Crippen molar-refractivity contribution in [1.82, 2.24) is 0 Å². The average Bonchev–Trinajstić information content (AvgIpc) is 2.48. The lowest BCUT2D eigenvalue weighted by Gasteiger charge is -2.09. The van der Waals surface area contributed by atoms with Gasteiger partial charge in [-0.3, -0.25) is 4.79 Å². The van der Waals surface area contributed by atoms with Gasteiger partial charge in [0.2, 0.25) is 0 Å². The molecule has 3 heteroatoms. The molecular weight excluding hydrogens is 276 g/mol. The minimum absolute atomic E-state index is 0.115. The number of ketones is 1. The molecule has 0 aliphatic heterocycles. The third-order valence-corrected chi connectivity index (χ3v) is 3.25. The molecule has 112 valence electrons. The van der Waals surface area contributed by atoms with Gasteiger partial charge in [0.1, 0.15) is 11.5 Å². The summed E-state index contributed by atoms with van der Waals surface area (Å²) in [6.07, 6.45) is 7.19. The summed E-state index contributed by atoms with van der Waals surface area (Å²) in [6, 6.07) is 9.33. The molecule has 0 atom stereocenters. The molecule has 0 bridgehead atoms. The van der Waals surface area contributed by atoms with Crippen molar-refractivity contribution in [2.24, 2.45) is 0 Å². The Morgan fingerprint density at radius 2 is 1.23 bits per heavy atom. The summed E-state index contributed by atoms with van der Waals surface area (Å²) in [6.45, 7) is 3.70. The molecule has 0 heterocycles. The van der Waals surface area contributed by atoms with Crippen molar-refractivity contribution >= 4 is 17.9 Å². The zero-order chi connectivity index (χ0) is 16.1. The van der Waals surface area contributed by atoms with Crippen molar-refractivity contribution in [3.63, 3.8) is 0 Å². The van der Waals surface area contributed by atoms with E-state index in [4.69, 9.17) is 0 Å². The van der Waals surface area contributed by atoms with E-state index in [9.17, 15) is 15.0 Å². The Bertz CT molecular complexity index is 692. The summed E-state index contributed by atoms with van der Waals surface area (Å²) in [5.41, 5.74) is 2.33. The van der Waals surface area contributed by atoms with Crippen molar-refractivity contribution in [1.29, 1.82) is 0 Å². The second-order valence-corrected chi connectivity index (χ2v) is 4.87. The number of carbonyl (C=O) groups is 1. The average molecular weight is 294 g/mol. The molecule has 22 heavy (non-hydrogen) atoms. The molecule has 0 aliphatic rings. The van der Waals surface area contributed by atoms with Gasteiger partial charge in [-0.15, -0.1) is 0 Å². The van der Waals surface area contributed by atoms with Gasteiger partial charge in [0.05, 0.1) is 0 Å². The number of phenols is 2. The van der Waals surface area contributed by atoms with Crippen LogP contribution in [0.25, 0.3) is 12.2 Å². The highest BCUT2D eigenvalue weighted by Crippen LogP contribution is 2.25. The highest BCUT2D eigenvalue weighted by Gasteiger charge is 2.16. The van der Waals surface area contributed by atoms with Gasteiger partial charge in [-0.2, -0.15) is 0 Å². The van der Waals surface area contributed by atoms with E-state index in [0.717, 1.165) is 0 Å². The first-order valence-corrected chi connectivity index (χ1v) is 7.03. The fourth-order valence-corrected chi connectivity index (χ4v) is 2.29. The molecule has 0 unspecified atom stereocenters. The number of carbonyl (C=O) groups excluding carboxylic acids is 1. The maximum absolute atomic E-state index is 12.8. The van der Waals surface area contributed by atoms with Gasteiger partial charge in [-0.1, -0.05) is 24.3 Å². The Labute approximate surface area is 129 Å². The van der Waals surface area contributed by atoms with Crippen molar-refractivity contribution in [3.05, 3.63) is 70.8 Å². The Morgan fingerprint density at radius 1 is 0.818 bits per heavy atom. The molecule has 0 saturated heterocycles. The number of allylic oxidation sites excluding steroid dienone is 2. The molecule has 3 nitrogen and oxygen atoms in total. The van der Waals surface area contributed by atoms with E-state index in [2.05, 4.69) is 0 Å². The van der Waals surface area contributed by atoms with Crippen LogP contribution < -0.4 is 0 Å². The maximum atomic E-state index is 12.8. The molecule has 2 aromatic carbocycles. The van der Waals surface area contributed by atoms with E-state index in [1.165, 1.54) is 12.1 Å². The van der Waals surface area contributed by atoms with Gasteiger partial charge >= 0.3 is 0 Å². The summed E-state index contributed by atoms with van der Waals surface area (Å²) in [7, 11) is 0. The number of hydrogen-bond acceptors (Lipinski definition) is 3. The first kappa shape index (κ1) is 15.6. The third-order valence-electron chi connectivity index (χ3n) is 3.25. The Morgan fingerprint density at radius 3 is 1.59 bits per heavy atom. The van der Waals surface area contributed by atoms with Gasteiger partial charge in [0.15, 0.2) is 5.78 Å². The lowest BCUT2D eigenvalue weighted by atomic mass is 9.94. The fourth-order valence-electron chi connectivity index (χ4n) is 2.29. The minimum Gasteiger partial charge on any atom is -0.508 e. The molecule has 2 aromatic rings. The molecule has 2 rings (SSSR count). The van der Waals surface area contributed by atoms with E-state index in [1.54, 1.807) is 36.4 Å². The summed E-state index contributed by atoms with van der Waals surface area (Å²) in [4.78, 5) is 12.8. The molecule has 0 fully saturated rings. The molecular formula is C19H18O3. The van der Waals surface area contributed by atoms with Crippen LogP contribution in [-0.4, -0.2) is 16.0 Å². The lowest BCUT2D eigenvalue weighted by Crippen LogP contribution is -2.05. The zero-order valence-corrected chi connectivity index (χ0v) is 12.6. The van der Waals surface area contributed by atoms with E-state index in [0.29, 0.717) is 22.3 Å². The topological polar surface area (TPSA) is 57.5 Å². The van der Waals surface area contributed by atoms with Crippen LogP contribution in [0.5, 0.6) is 11.5 Å². The van der Waals surface area contributed by atoms with Crippen molar-refractivity contribution in [3.8, 4) is 11.5 Å². The van der Waals surface area contributed by atoms with E-state index >= 15 is 0 Å². The smallest absolute Gasteiger partial charge is 0.194 e. The van der Waals surface area contributed by atoms with E-state index in [1.807, 2.05) is 26.0 Å². The number of hydrogen-bond donors (Lipinski definition) is 2. The lowest BCUT2D eigenvalue weighted by molar-refractivity contribution is 0.103. The predicted octanol–water partition coefficient (Wildman–Crippen LogP) is 4.40. The summed E-state index contributed by atoms with van der Waals surface area (Å²) in [5.74, 6) is 0.0780. The highest BCUT2D eigenvalue weighted by atomic mass is 16.3. The standard InChI is InChI=1S/C19H18O3/c1-3-5-13-11-15(20)7-9-17(13)19(22)18-10-8-16(21)12-14(18)6-4-2/h3-12,20-21H,1-2H3/b5-3+,6-4+. The number of benzene rings is 2. The number of rotatable bonds is 4. The molecule has 0 aromatic heterocycles. The van der Waals surface area contributed by atoms with Crippen LogP contribution in [0.3, 0.4) is 0 Å². The molecule has 0 amide bonds. The molecule has 2 N–H and O–H groups in total. The quantitative estimate of drug-likeness (QED) is 0.822. The van der Waals surface area contributed by atoms with Gasteiger partial charge in [0.25, 0.3) is 0 Å². The van der Waals surface area contributed by atoms with E-state index in [-0.39, 0.29) is 17.3 Å². The molecule has 0 spiro atoms. The van der Waals surface area contributed by atoms with Crippen LogP contribution in [0, 0.1) is 0 Å². The molecule has 0 saturated carbocycles. The van der Waals surface area contributed by atoms with Crippen LogP contribution in [-0.2, 0) is 0 Å². The first-order chi connectivity index (χ1) is 10.6. The van der Waals surface area contributed by atoms with Crippen molar-refractivity contribution in [2.75, 3.05) is 0 Å². The first-order valence-electron chi connectivity index (χ1n) is 7.03. The number of phenolic OH excluding ortho intramolecular Hbond substituents is 2. The minimum atomic E-state index is -0.152. The Balaban J connectivity index is 2.58. The second-order valence-electron chi connectivity index (χ2n) is 4.87. The Kier molecular flexibility index (Phi) is 4.79. The molecule has 0 radical (unpaired) electrons. The summed E-state index contributed by atoms with van der Waals surface area (Å²) >= 11 is 0. The summed E-state index contributed by atoms with van der Waals surface area (Å²) < 4.78 is 0. The van der Waals surface area contributed by atoms with E-state index < -0.39 is 0 Å². The van der Waals surface area contributed by atoms with Gasteiger partial charge in [0, 0.05) is 11.1 Å². The fraction of sp³-hybridized carbons (Fsp3) is 0.105. The monoisotopic (exact) mass is 294 g/mol. The van der Waals surface area contributed by atoms with Gasteiger partial charge in [-0.25, -0.2) is 0 Å². The van der Waals surface area contributed by atoms with Crippen LogP contribution in [0.2, 0.25) is 0 Å². The Hall–Kier alpha value is -2.81. The van der Waals surface area contributed by atoms with Crippen LogP contribution in [0.15, 0.2) is 48.6 Å². The molecule has 0 aliphatic carbocycles. The SMILES string of the molecule is C/C=C/c1cc(O)ccc1C(=O)c1ccc(O)cc1/C=C/C. The van der Waals surface area contributed by atoms with Crippen LogP contribution in [0.4, 0.5) is 0 Å². The van der Waals surface area contributed by atoms with Crippen molar-refractivity contribution in [2.45, 2.75) is 13.8 Å². The van der Waals surface area contributed by atoms with Gasteiger partial charge in [-0.05, 0) is 61.4 Å². The van der Waals surface area contributed by atoms with Crippen LogP contribution in [0.1, 0.15) is 40.9 Å². The highest BCUT2D eigenvalue weighted by molar-refractivity contribution is 6.13. The van der Waals surface area contributed by atoms with Crippen LogP contribution >= 0.6 is 0 Å².